The molecule has 0 aliphatic rings. The molecule has 1 N–H and O–H groups in total. The lowest BCUT2D eigenvalue weighted by atomic mass is 10.0. The van der Waals surface area contributed by atoms with Crippen LogP contribution in [0, 0.1) is 17.2 Å². The average Bonchev–Trinajstić information content (AvgIpc) is 2.18. The Morgan fingerprint density at radius 3 is 2.73 bits per heavy atom. The molecule has 0 spiro atoms. The molecule has 5 heteroatoms. The lowest BCUT2D eigenvalue weighted by Gasteiger charge is -2.06. The van der Waals surface area contributed by atoms with Gasteiger partial charge < -0.3 is 5.11 Å². The van der Waals surface area contributed by atoms with Gasteiger partial charge in [-0.3, -0.25) is 4.79 Å². The molecule has 0 bridgehead atoms. The van der Waals surface area contributed by atoms with Crippen LogP contribution in [-0.4, -0.2) is 11.1 Å². The number of nitrogens with zero attached hydrogens (tertiary/aromatic N) is 1. The molecule has 78 valence electrons. The minimum absolute atomic E-state index is 0.0607. The molecule has 15 heavy (non-hydrogen) atoms. The van der Waals surface area contributed by atoms with Gasteiger partial charge in [0.25, 0.3) is 0 Å². The van der Waals surface area contributed by atoms with Gasteiger partial charge in [0.1, 0.15) is 5.92 Å². The van der Waals surface area contributed by atoms with Gasteiger partial charge in [-0.15, -0.1) is 0 Å². The minimum atomic E-state index is -1.16. The molecule has 0 unspecified atom stereocenters. The normalized spacial score (nSPS) is 11.8. The summed E-state index contributed by atoms with van der Waals surface area (Å²) in [6.07, 6.45) is 0.0607. The number of rotatable bonds is 3. The van der Waals surface area contributed by atoms with Gasteiger partial charge in [0.2, 0.25) is 0 Å². The van der Waals surface area contributed by atoms with Gasteiger partial charge in [0.05, 0.1) is 6.07 Å². The Kier molecular flexibility index (Phi) is 3.96. The first-order chi connectivity index (χ1) is 7.04. The summed E-state index contributed by atoms with van der Waals surface area (Å²) in [6.45, 7) is 0. The minimum Gasteiger partial charge on any atom is -0.480 e. The van der Waals surface area contributed by atoms with E-state index in [1.165, 1.54) is 0 Å². The fourth-order valence-electron chi connectivity index (χ4n) is 1.11. The van der Waals surface area contributed by atoms with Gasteiger partial charge in [-0.05, 0) is 23.8 Å². The number of aliphatic carboxylic acids is 1. The SMILES string of the molecule is N#C[C@@H](Cc1cc(Cl)ccc1Cl)C(=O)O. The second-order valence-electron chi connectivity index (χ2n) is 2.96. The second-order valence-corrected chi connectivity index (χ2v) is 3.80. The number of benzene rings is 1. The maximum Gasteiger partial charge on any atom is 0.321 e. The van der Waals surface area contributed by atoms with E-state index in [9.17, 15) is 4.79 Å². The molecule has 3 nitrogen and oxygen atoms in total. The van der Waals surface area contributed by atoms with Crippen molar-refractivity contribution >= 4 is 29.2 Å². The van der Waals surface area contributed by atoms with Crippen LogP contribution in [0.3, 0.4) is 0 Å². The predicted octanol–water partition coefficient (Wildman–Crippen LogP) is 2.76. The van der Waals surface area contributed by atoms with Crippen molar-refractivity contribution in [3.8, 4) is 6.07 Å². The molecule has 0 aromatic heterocycles. The zero-order chi connectivity index (χ0) is 11.4. The van der Waals surface area contributed by atoms with Crippen molar-refractivity contribution in [3.05, 3.63) is 33.8 Å². The lowest BCUT2D eigenvalue weighted by Crippen LogP contribution is -2.14. The summed E-state index contributed by atoms with van der Waals surface area (Å²) in [5.41, 5.74) is 0.568. The van der Waals surface area contributed by atoms with Crippen LogP contribution >= 0.6 is 23.2 Å². The standard InChI is InChI=1S/C10H7Cl2NO2/c11-8-1-2-9(12)6(4-8)3-7(5-13)10(14)15/h1-2,4,7H,3H2,(H,14,15)/t7-/m1/s1. The Hall–Kier alpha value is -1.24. The molecule has 1 rings (SSSR count). The summed E-state index contributed by atoms with van der Waals surface area (Å²) >= 11 is 11.6. The van der Waals surface area contributed by atoms with Crippen LogP contribution in [0.4, 0.5) is 0 Å². The van der Waals surface area contributed by atoms with E-state index in [2.05, 4.69) is 0 Å². The fourth-order valence-corrected chi connectivity index (χ4v) is 1.50. The fraction of sp³-hybridized carbons (Fsp3) is 0.200. The van der Waals surface area contributed by atoms with Crippen LogP contribution in [-0.2, 0) is 11.2 Å². The van der Waals surface area contributed by atoms with E-state index in [4.69, 9.17) is 33.6 Å². The number of hydrogen-bond acceptors (Lipinski definition) is 2. The first-order valence-electron chi connectivity index (χ1n) is 4.11. The zero-order valence-electron chi connectivity index (χ0n) is 7.58. The second kappa shape index (κ2) is 5.01. The van der Waals surface area contributed by atoms with Crippen molar-refractivity contribution in [2.75, 3.05) is 0 Å². The van der Waals surface area contributed by atoms with E-state index in [-0.39, 0.29) is 6.42 Å². The highest BCUT2D eigenvalue weighted by atomic mass is 35.5. The molecule has 1 atom stereocenters. The molecule has 0 saturated heterocycles. The number of halogens is 2. The van der Waals surface area contributed by atoms with Crippen LogP contribution < -0.4 is 0 Å². The molecule has 0 saturated carbocycles. The Morgan fingerprint density at radius 2 is 2.20 bits per heavy atom. The van der Waals surface area contributed by atoms with E-state index in [0.29, 0.717) is 15.6 Å². The number of nitriles is 1. The molecule has 0 aliphatic heterocycles. The summed E-state index contributed by atoms with van der Waals surface area (Å²) in [4.78, 5) is 10.6. The smallest absolute Gasteiger partial charge is 0.321 e. The highest BCUT2D eigenvalue weighted by Gasteiger charge is 2.18. The van der Waals surface area contributed by atoms with Crippen LogP contribution in [0.25, 0.3) is 0 Å². The van der Waals surface area contributed by atoms with Crippen molar-refractivity contribution in [2.24, 2.45) is 5.92 Å². The van der Waals surface area contributed by atoms with E-state index in [1.54, 1.807) is 24.3 Å². The van der Waals surface area contributed by atoms with Crippen LogP contribution in [0.2, 0.25) is 10.0 Å². The third-order valence-corrected chi connectivity index (χ3v) is 2.49. The van der Waals surface area contributed by atoms with Gasteiger partial charge in [0.15, 0.2) is 0 Å². The number of carboxylic acid groups (broad SMARTS) is 1. The van der Waals surface area contributed by atoms with Crippen molar-refractivity contribution in [1.29, 1.82) is 5.26 Å². The largest absolute Gasteiger partial charge is 0.480 e. The van der Waals surface area contributed by atoms with E-state index >= 15 is 0 Å². The van der Waals surface area contributed by atoms with Crippen molar-refractivity contribution in [1.82, 2.24) is 0 Å². The van der Waals surface area contributed by atoms with E-state index in [1.807, 2.05) is 0 Å². The summed E-state index contributed by atoms with van der Waals surface area (Å²) in [5, 5.41) is 18.2. The Balaban J connectivity index is 2.93. The molecule has 0 fully saturated rings. The first kappa shape index (κ1) is 11.8. The Labute approximate surface area is 96.8 Å². The molecule has 0 aliphatic carbocycles. The highest BCUT2D eigenvalue weighted by molar-refractivity contribution is 6.33. The van der Waals surface area contributed by atoms with Crippen molar-refractivity contribution < 1.29 is 9.90 Å². The molecule has 1 aromatic carbocycles. The van der Waals surface area contributed by atoms with Gasteiger partial charge >= 0.3 is 5.97 Å². The molecular weight excluding hydrogens is 237 g/mol. The van der Waals surface area contributed by atoms with E-state index < -0.39 is 11.9 Å². The maximum atomic E-state index is 10.6. The van der Waals surface area contributed by atoms with Crippen LogP contribution in [0.15, 0.2) is 18.2 Å². The lowest BCUT2D eigenvalue weighted by molar-refractivity contribution is -0.139. The number of carbonyl (C=O) groups is 1. The average molecular weight is 244 g/mol. The topological polar surface area (TPSA) is 61.1 Å². The quantitative estimate of drug-likeness (QED) is 0.889. The Bertz CT molecular complexity index is 426. The Morgan fingerprint density at radius 1 is 1.53 bits per heavy atom. The highest BCUT2D eigenvalue weighted by Crippen LogP contribution is 2.23. The molecule has 0 heterocycles. The third-order valence-electron chi connectivity index (χ3n) is 1.89. The van der Waals surface area contributed by atoms with Gasteiger partial charge in [-0.25, -0.2) is 0 Å². The van der Waals surface area contributed by atoms with Gasteiger partial charge in [-0.2, -0.15) is 5.26 Å². The van der Waals surface area contributed by atoms with Gasteiger partial charge in [0, 0.05) is 16.5 Å². The van der Waals surface area contributed by atoms with E-state index in [0.717, 1.165) is 0 Å². The predicted molar refractivity (Wildman–Crippen MR) is 56.9 cm³/mol. The monoisotopic (exact) mass is 243 g/mol. The molecular formula is C10H7Cl2NO2. The first-order valence-corrected chi connectivity index (χ1v) is 4.86. The summed E-state index contributed by atoms with van der Waals surface area (Å²) < 4.78 is 0. The van der Waals surface area contributed by atoms with Crippen molar-refractivity contribution in [2.45, 2.75) is 6.42 Å². The maximum absolute atomic E-state index is 10.6. The number of carboxylic acids is 1. The van der Waals surface area contributed by atoms with Gasteiger partial charge in [-0.1, -0.05) is 23.2 Å². The zero-order valence-corrected chi connectivity index (χ0v) is 9.09. The van der Waals surface area contributed by atoms with Crippen LogP contribution in [0.1, 0.15) is 5.56 Å². The summed E-state index contributed by atoms with van der Waals surface area (Å²) in [7, 11) is 0. The van der Waals surface area contributed by atoms with Crippen LogP contribution in [0.5, 0.6) is 0 Å². The summed E-state index contributed by atoms with van der Waals surface area (Å²) in [6, 6.07) is 6.45. The molecule has 1 aromatic rings. The summed E-state index contributed by atoms with van der Waals surface area (Å²) in [5.74, 6) is -2.26. The molecule has 0 amide bonds. The number of hydrogen-bond donors (Lipinski definition) is 1. The molecule has 0 radical (unpaired) electrons. The van der Waals surface area contributed by atoms with Crippen molar-refractivity contribution in [3.63, 3.8) is 0 Å². The third kappa shape index (κ3) is 3.12.